The van der Waals surface area contributed by atoms with Crippen molar-refractivity contribution < 1.29 is 23.8 Å². The summed E-state index contributed by atoms with van der Waals surface area (Å²) in [6, 6.07) is 9.90. The van der Waals surface area contributed by atoms with Crippen LogP contribution in [0.3, 0.4) is 0 Å². The van der Waals surface area contributed by atoms with E-state index < -0.39 is 0 Å². The van der Waals surface area contributed by atoms with E-state index in [4.69, 9.17) is 14.2 Å². The summed E-state index contributed by atoms with van der Waals surface area (Å²) in [6.45, 7) is 2.94. The molecule has 1 heterocycles. The molecule has 8 heteroatoms. The average molecular weight is 482 g/mol. The Morgan fingerprint density at radius 2 is 1.66 bits per heavy atom. The minimum absolute atomic E-state index is 0.186. The monoisotopic (exact) mass is 481 g/mol. The second-order valence-corrected chi connectivity index (χ2v) is 9.33. The van der Waals surface area contributed by atoms with Crippen LogP contribution in [0.25, 0.3) is 0 Å². The third-order valence-electron chi connectivity index (χ3n) is 6.86. The molecule has 1 atom stereocenters. The van der Waals surface area contributed by atoms with Gasteiger partial charge in [-0.1, -0.05) is 6.07 Å². The predicted molar refractivity (Wildman–Crippen MR) is 134 cm³/mol. The Morgan fingerprint density at radius 1 is 1.00 bits per heavy atom. The van der Waals surface area contributed by atoms with Crippen LogP contribution in [0, 0.1) is 0 Å². The van der Waals surface area contributed by atoms with Crippen molar-refractivity contribution in [3.8, 4) is 17.2 Å². The lowest BCUT2D eigenvalue weighted by molar-refractivity contribution is -0.131. The first-order valence-electron chi connectivity index (χ1n) is 12.1. The van der Waals surface area contributed by atoms with E-state index in [0.717, 1.165) is 50.4 Å². The number of fused-ring (bicyclic) bond motifs is 2. The smallest absolute Gasteiger partial charge is 0.414 e. The maximum absolute atomic E-state index is 12.8. The number of carbonyl (C=O) groups is 2. The van der Waals surface area contributed by atoms with Crippen LogP contribution in [0.15, 0.2) is 30.3 Å². The largest absolute Gasteiger partial charge is 0.493 e. The van der Waals surface area contributed by atoms with Gasteiger partial charge in [0.2, 0.25) is 5.91 Å². The van der Waals surface area contributed by atoms with Crippen molar-refractivity contribution in [3.63, 3.8) is 0 Å². The summed E-state index contributed by atoms with van der Waals surface area (Å²) in [6.07, 6.45) is 2.70. The van der Waals surface area contributed by atoms with Crippen LogP contribution < -0.4 is 19.5 Å². The van der Waals surface area contributed by atoms with Crippen molar-refractivity contribution in [1.82, 2.24) is 15.1 Å². The molecule has 0 radical (unpaired) electrons. The Balaban J connectivity index is 1.21. The SMILES string of the molecule is COc1cc2c(cc1OC)CCN(C(=O)CCNCC1Cc3cc(OC(=O)N(C)C)ccc31)CC2. The number of rotatable bonds is 8. The number of methoxy groups -OCH3 is 2. The van der Waals surface area contributed by atoms with Gasteiger partial charge in [0.25, 0.3) is 0 Å². The molecule has 1 aliphatic heterocycles. The Hall–Kier alpha value is -3.26. The normalized spacial score (nSPS) is 16.3. The first kappa shape index (κ1) is 24.9. The molecule has 2 aromatic carbocycles. The van der Waals surface area contributed by atoms with Crippen LogP contribution in [0.1, 0.15) is 34.6 Å². The van der Waals surface area contributed by atoms with Gasteiger partial charge in [-0.25, -0.2) is 4.79 Å². The summed E-state index contributed by atoms with van der Waals surface area (Å²) < 4.78 is 16.2. The minimum Gasteiger partial charge on any atom is -0.493 e. The van der Waals surface area contributed by atoms with E-state index in [0.29, 0.717) is 24.6 Å². The number of nitrogens with one attached hydrogen (secondary N) is 1. The van der Waals surface area contributed by atoms with Gasteiger partial charge in [0.1, 0.15) is 5.75 Å². The van der Waals surface area contributed by atoms with Gasteiger partial charge in [0.15, 0.2) is 11.5 Å². The maximum atomic E-state index is 12.8. The highest BCUT2D eigenvalue weighted by Crippen LogP contribution is 2.37. The summed E-state index contributed by atoms with van der Waals surface area (Å²) in [7, 11) is 6.62. The maximum Gasteiger partial charge on any atom is 0.414 e. The standard InChI is InChI=1S/C27H35N3O5/c1-29(2)27(32)35-22-5-6-23-20(14-22)13-21(23)17-28-10-7-26(31)30-11-8-18-15-24(33-3)25(34-4)16-19(18)9-12-30/h5-6,14-16,21,28H,7-13,17H2,1-4H3. The fraction of sp³-hybridized carbons (Fsp3) is 0.481. The van der Waals surface area contributed by atoms with E-state index in [1.807, 2.05) is 35.2 Å². The lowest BCUT2D eigenvalue weighted by Gasteiger charge is -2.31. The Labute approximate surface area is 207 Å². The molecule has 8 nitrogen and oxygen atoms in total. The van der Waals surface area contributed by atoms with Crippen molar-refractivity contribution in [1.29, 1.82) is 0 Å². The second kappa shape index (κ2) is 11.0. The van der Waals surface area contributed by atoms with Crippen LogP contribution in [-0.4, -0.2) is 76.3 Å². The van der Waals surface area contributed by atoms with Gasteiger partial charge >= 0.3 is 6.09 Å². The van der Waals surface area contributed by atoms with Crippen molar-refractivity contribution in [2.24, 2.45) is 0 Å². The Bertz CT molecular complexity index is 1050. The number of nitrogens with zero attached hydrogens (tertiary/aromatic N) is 2. The van der Waals surface area contributed by atoms with E-state index in [1.54, 1.807) is 28.3 Å². The molecule has 188 valence electrons. The number of ether oxygens (including phenoxy) is 3. The average Bonchev–Trinajstić information content (AvgIpc) is 3.05. The number of carbonyl (C=O) groups excluding carboxylic acids is 2. The van der Waals surface area contributed by atoms with Crippen molar-refractivity contribution in [3.05, 3.63) is 52.6 Å². The van der Waals surface area contributed by atoms with Crippen LogP contribution in [0.4, 0.5) is 4.79 Å². The number of amides is 2. The van der Waals surface area contributed by atoms with Crippen molar-refractivity contribution in [2.75, 3.05) is 54.5 Å². The number of benzene rings is 2. The molecule has 2 aliphatic rings. The molecule has 1 unspecified atom stereocenters. The van der Waals surface area contributed by atoms with Gasteiger partial charge in [-0.3, -0.25) is 4.79 Å². The molecule has 0 saturated carbocycles. The van der Waals surface area contributed by atoms with E-state index in [1.165, 1.54) is 27.2 Å². The molecule has 0 bridgehead atoms. The summed E-state index contributed by atoms with van der Waals surface area (Å²) in [4.78, 5) is 27.9. The van der Waals surface area contributed by atoms with Crippen LogP contribution >= 0.6 is 0 Å². The first-order chi connectivity index (χ1) is 16.9. The summed E-state index contributed by atoms with van der Waals surface area (Å²) in [5.74, 6) is 2.66. The Kier molecular flexibility index (Phi) is 7.80. The van der Waals surface area contributed by atoms with Gasteiger partial charge in [-0.15, -0.1) is 0 Å². The van der Waals surface area contributed by atoms with E-state index >= 15 is 0 Å². The number of hydrogen-bond donors (Lipinski definition) is 1. The topological polar surface area (TPSA) is 80.3 Å². The highest BCUT2D eigenvalue weighted by atomic mass is 16.6. The molecular formula is C27H35N3O5. The molecular weight excluding hydrogens is 446 g/mol. The molecule has 0 saturated heterocycles. The summed E-state index contributed by atoms with van der Waals surface area (Å²) >= 11 is 0. The van der Waals surface area contributed by atoms with Gasteiger partial charge in [0, 0.05) is 52.6 Å². The Morgan fingerprint density at radius 3 is 2.23 bits per heavy atom. The van der Waals surface area contributed by atoms with Gasteiger partial charge in [-0.2, -0.15) is 0 Å². The third-order valence-corrected chi connectivity index (χ3v) is 6.86. The third kappa shape index (κ3) is 5.70. The summed E-state index contributed by atoms with van der Waals surface area (Å²) in [5, 5.41) is 3.45. The zero-order valence-corrected chi connectivity index (χ0v) is 21.1. The quantitative estimate of drug-likeness (QED) is 0.584. The molecule has 1 N–H and O–H groups in total. The molecule has 1 aliphatic carbocycles. The molecule has 2 aromatic rings. The van der Waals surface area contributed by atoms with E-state index in [2.05, 4.69) is 5.32 Å². The summed E-state index contributed by atoms with van der Waals surface area (Å²) in [5.41, 5.74) is 4.94. The number of hydrogen-bond acceptors (Lipinski definition) is 6. The second-order valence-electron chi connectivity index (χ2n) is 9.33. The minimum atomic E-state index is -0.375. The first-order valence-corrected chi connectivity index (χ1v) is 12.1. The molecule has 2 amide bonds. The highest BCUT2D eigenvalue weighted by molar-refractivity contribution is 5.76. The van der Waals surface area contributed by atoms with Gasteiger partial charge in [0.05, 0.1) is 14.2 Å². The zero-order valence-electron chi connectivity index (χ0n) is 21.1. The van der Waals surface area contributed by atoms with E-state index in [9.17, 15) is 9.59 Å². The molecule has 0 fully saturated rings. The van der Waals surface area contributed by atoms with Crippen molar-refractivity contribution >= 4 is 12.0 Å². The fourth-order valence-electron chi connectivity index (χ4n) is 4.77. The fourth-order valence-corrected chi connectivity index (χ4v) is 4.77. The van der Waals surface area contributed by atoms with Gasteiger partial charge < -0.3 is 29.3 Å². The van der Waals surface area contributed by atoms with Crippen LogP contribution in [0.5, 0.6) is 17.2 Å². The lowest BCUT2D eigenvalue weighted by atomic mass is 9.77. The predicted octanol–water partition coefficient (Wildman–Crippen LogP) is 3.01. The zero-order chi connectivity index (χ0) is 24.9. The highest BCUT2D eigenvalue weighted by Gasteiger charge is 2.27. The lowest BCUT2D eigenvalue weighted by Crippen LogP contribution is -2.36. The van der Waals surface area contributed by atoms with E-state index in [-0.39, 0.29) is 12.0 Å². The molecule has 0 spiro atoms. The molecule has 35 heavy (non-hydrogen) atoms. The van der Waals surface area contributed by atoms with Crippen molar-refractivity contribution in [2.45, 2.75) is 31.6 Å². The van der Waals surface area contributed by atoms with Gasteiger partial charge in [-0.05, 0) is 65.8 Å². The van der Waals surface area contributed by atoms with Crippen LogP contribution in [0.2, 0.25) is 0 Å². The molecule has 0 aromatic heterocycles. The van der Waals surface area contributed by atoms with Crippen LogP contribution in [-0.2, 0) is 24.1 Å². The molecule has 4 rings (SSSR count).